The minimum atomic E-state index is 0.379. The molecular formula is C8H12O3. The quantitative estimate of drug-likeness (QED) is 0.552. The molecule has 3 heteroatoms. The minimum absolute atomic E-state index is 0.379. The molecule has 2 aliphatic heterocycles. The standard InChI is InChI=1S/C8H12O3/c1-2-7-8(11-7)6(1)10-4-5-3-9-5/h5-8H,1-4H2. The molecule has 0 aromatic carbocycles. The van der Waals surface area contributed by atoms with E-state index in [9.17, 15) is 0 Å². The van der Waals surface area contributed by atoms with Crippen LogP contribution in [0.15, 0.2) is 0 Å². The van der Waals surface area contributed by atoms with Crippen molar-refractivity contribution in [2.45, 2.75) is 37.3 Å². The van der Waals surface area contributed by atoms with Gasteiger partial charge in [-0.3, -0.25) is 0 Å². The fourth-order valence-corrected chi connectivity index (χ4v) is 1.78. The predicted molar refractivity (Wildman–Crippen MR) is 37.4 cm³/mol. The molecule has 4 atom stereocenters. The molecule has 0 aromatic heterocycles. The number of ether oxygens (including phenoxy) is 3. The summed E-state index contributed by atoms with van der Waals surface area (Å²) in [6.07, 6.45) is 4.13. The van der Waals surface area contributed by atoms with Crippen molar-refractivity contribution in [2.24, 2.45) is 0 Å². The van der Waals surface area contributed by atoms with Crippen molar-refractivity contribution in [1.82, 2.24) is 0 Å². The Balaban J connectivity index is 1.47. The zero-order chi connectivity index (χ0) is 7.26. The van der Waals surface area contributed by atoms with Crippen LogP contribution in [-0.2, 0) is 14.2 Å². The maximum atomic E-state index is 5.63. The van der Waals surface area contributed by atoms with Gasteiger partial charge in [0.25, 0.3) is 0 Å². The maximum Gasteiger partial charge on any atom is 0.110 e. The van der Waals surface area contributed by atoms with Crippen molar-refractivity contribution in [2.75, 3.05) is 13.2 Å². The minimum Gasteiger partial charge on any atom is -0.373 e. The van der Waals surface area contributed by atoms with E-state index in [4.69, 9.17) is 14.2 Å². The Morgan fingerprint density at radius 1 is 1.36 bits per heavy atom. The zero-order valence-corrected chi connectivity index (χ0v) is 6.36. The topological polar surface area (TPSA) is 34.3 Å². The molecule has 0 amide bonds. The summed E-state index contributed by atoms with van der Waals surface area (Å²) >= 11 is 0. The summed E-state index contributed by atoms with van der Waals surface area (Å²) in [5.74, 6) is 0. The fraction of sp³-hybridized carbons (Fsp3) is 1.00. The first kappa shape index (κ1) is 6.40. The van der Waals surface area contributed by atoms with Crippen LogP contribution in [0.5, 0.6) is 0 Å². The number of rotatable bonds is 3. The third-order valence-electron chi connectivity index (χ3n) is 2.62. The average Bonchev–Trinajstić information content (AvgIpc) is 2.89. The highest BCUT2D eigenvalue weighted by Gasteiger charge is 2.51. The first-order chi connectivity index (χ1) is 5.43. The molecule has 3 fully saturated rings. The van der Waals surface area contributed by atoms with Crippen LogP contribution in [0.4, 0.5) is 0 Å². The Labute approximate surface area is 65.6 Å². The zero-order valence-electron chi connectivity index (χ0n) is 6.36. The largest absolute Gasteiger partial charge is 0.373 e. The Morgan fingerprint density at radius 2 is 2.27 bits per heavy atom. The van der Waals surface area contributed by atoms with Crippen LogP contribution in [0, 0.1) is 0 Å². The van der Waals surface area contributed by atoms with Crippen LogP contribution < -0.4 is 0 Å². The molecule has 1 saturated carbocycles. The summed E-state index contributed by atoms with van der Waals surface area (Å²) < 4.78 is 16.0. The highest BCUT2D eigenvalue weighted by Crippen LogP contribution is 2.40. The van der Waals surface area contributed by atoms with E-state index >= 15 is 0 Å². The van der Waals surface area contributed by atoms with Gasteiger partial charge in [-0.2, -0.15) is 0 Å². The monoisotopic (exact) mass is 156 g/mol. The van der Waals surface area contributed by atoms with Crippen molar-refractivity contribution >= 4 is 0 Å². The van der Waals surface area contributed by atoms with Crippen LogP contribution in [0.2, 0.25) is 0 Å². The normalized spacial score (nSPS) is 52.4. The van der Waals surface area contributed by atoms with E-state index in [1.807, 2.05) is 0 Å². The summed E-state index contributed by atoms with van der Waals surface area (Å²) in [6.45, 7) is 1.67. The van der Waals surface area contributed by atoms with E-state index < -0.39 is 0 Å². The number of hydrogen-bond donors (Lipinski definition) is 0. The van der Waals surface area contributed by atoms with Crippen LogP contribution in [0.25, 0.3) is 0 Å². The third-order valence-corrected chi connectivity index (χ3v) is 2.62. The lowest BCUT2D eigenvalue weighted by Crippen LogP contribution is -2.18. The van der Waals surface area contributed by atoms with Gasteiger partial charge in [0, 0.05) is 0 Å². The van der Waals surface area contributed by atoms with Gasteiger partial charge in [0.05, 0.1) is 25.4 Å². The van der Waals surface area contributed by atoms with Crippen molar-refractivity contribution in [3.63, 3.8) is 0 Å². The molecule has 3 nitrogen and oxygen atoms in total. The van der Waals surface area contributed by atoms with Gasteiger partial charge >= 0.3 is 0 Å². The fourth-order valence-electron chi connectivity index (χ4n) is 1.78. The van der Waals surface area contributed by atoms with Gasteiger partial charge in [-0.1, -0.05) is 0 Å². The summed E-state index contributed by atoms with van der Waals surface area (Å²) in [5.41, 5.74) is 0. The van der Waals surface area contributed by atoms with Crippen molar-refractivity contribution in [3.05, 3.63) is 0 Å². The van der Waals surface area contributed by atoms with E-state index in [2.05, 4.69) is 0 Å². The molecule has 1 aliphatic carbocycles. The molecule has 3 aliphatic rings. The van der Waals surface area contributed by atoms with Gasteiger partial charge in [0.2, 0.25) is 0 Å². The number of fused-ring (bicyclic) bond motifs is 1. The lowest BCUT2D eigenvalue weighted by Gasteiger charge is -2.10. The van der Waals surface area contributed by atoms with Gasteiger partial charge in [-0.25, -0.2) is 0 Å². The highest BCUT2D eigenvalue weighted by atomic mass is 16.6. The van der Waals surface area contributed by atoms with Crippen LogP contribution in [0.3, 0.4) is 0 Å². The Kier molecular flexibility index (Phi) is 1.27. The Morgan fingerprint density at radius 3 is 2.82 bits per heavy atom. The van der Waals surface area contributed by atoms with Gasteiger partial charge in [0.1, 0.15) is 12.2 Å². The van der Waals surface area contributed by atoms with E-state index in [0.717, 1.165) is 13.2 Å². The second-order valence-corrected chi connectivity index (χ2v) is 3.54. The summed E-state index contributed by atoms with van der Waals surface area (Å²) in [7, 11) is 0. The third kappa shape index (κ3) is 1.17. The highest BCUT2D eigenvalue weighted by molar-refractivity contribution is 4.98. The van der Waals surface area contributed by atoms with E-state index in [0.29, 0.717) is 24.4 Å². The Bertz CT molecular complexity index is 167. The molecule has 2 saturated heterocycles. The molecular weight excluding hydrogens is 144 g/mol. The smallest absolute Gasteiger partial charge is 0.110 e. The molecule has 2 heterocycles. The Hall–Kier alpha value is -0.120. The maximum absolute atomic E-state index is 5.63. The van der Waals surface area contributed by atoms with Crippen LogP contribution in [0.1, 0.15) is 12.8 Å². The van der Waals surface area contributed by atoms with Crippen LogP contribution in [-0.4, -0.2) is 37.6 Å². The van der Waals surface area contributed by atoms with Gasteiger partial charge in [-0.15, -0.1) is 0 Å². The lowest BCUT2D eigenvalue weighted by molar-refractivity contribution is 0.0190. The molecule has 0 aromatic rings. The van der Waals surface area contributed by atoms with Crippen molar-refractivity contribution in [3.8, 4) is 0 Å². The van der Waals surface area contributed by atoms with Crippen LogP contribution >= 0.6 is 0 Å². The summed E-state index contributed by atoms with van der Waals surface area (Å²) in [4.78, 5) is 0. The van der Waals surface area contributed by atoms with E-state index in [1.54, 1.807) is 0 Å². The molecule has 4 unspecified atom stereocenters. The first-order valence-electron chi connectivity index (χ1n) is 4.32. The lowest BCUT2D eigenvalue weighted by atomic mass is 10.3. The number of hydrogen-bond acceptors (Lipinski definition) is 3. The van der Waals surface area contributed by atoms with E-state index in [1.165, 1.54) is 12.8 Å². The summed E-state index contributed by atoms with van der Waals surface area (Å²) in [6, 6.07) is 0. The van der Waals surface area contributed by atoms with Gasteiger partial charge in [0.15, 0.2) is 0 Å². The first-order valence-corrected chi connectivity index (χ1v) is 4.32. The second-order valence-electron chi connectivity index (χ2n) is 3.54. The predicted octanol–water partition coefficient (Wildman–Crippen LogP) is 0.332. The van der Waals surface area contributed by atoms with Crippen molar-refractivity contribution < 1.29 is 14.2 Å². The molecule has 11 heavy (non-hydrogen) atoms. The molecule has 0 radical (unpaired) electrons. The average molecular weight is 156 g/mol. The molecule has 0 spiro atoms. The second kappa shape index (κ2) is 2.19. The molecule has 0 bridgehead atoms. The van der Waals surface area contributed by atoms with Crippen molar-refractivity contribution in [1.29, 1.82) is 0 Å². The molecule has 62 valence electrons. The molecule has 0 N–H and O–H groups in total. The number of epoxide rings is 2. The van der Waals surface area contributed by atoms with Gasteiger partial charge in [-0.05, 0) is 12.8 Å². The van der Waals surface area contributed by atoms with Gasteiger partial charge < -0.3 is 14.2 Å². The molecule has 3 rings (SSSR count). The summed E-state index contributed by atoms with van der Waals surface area (Å²) in [5, 5.41) is 0. The van der Waals surface area contributed by atoms with E-state index in [-0.39, 0.29) is 0 Å². The SMILES string of the molecule is C1OC1COC1CCC2OC12.